The van der Waals surface area contributed by atoms with Crippen LogP contribution >= 0.6 is 15.9 Å². The Morgan fingerprint density at radius 2 is 2.06 bits per heavy atom. The van der Waals surface area contributed by atoms with Crippen LogP contribution in [0.25, 0.3) is 0 Å². The summed E-state index contributed by atoms with van der Waals surface area (Å²) < 4.78 is 35.7. The van der Waals surface area contributed by atoms with Gasteiger partial charge in [0.2, 0.25) is 5.91 Å². The Balaban J connectivity index is 2.50. The number of alkyl halides is 4. The highest BCUT2D eigenvalue weighted by Gasteiger charge is 2.27. The summed E-state index contributed by atoms with van der Waals surface area (Å²) in [6, 6.07) is 6.92. The standard InChI is InChI=1S/C11H11BrF3NO/c12-7-8-2-1-3-9(6-8)16-10(17)4-5-11(13,14)15/h1-3,6H,4-5,7H2,(H,16,17). The van der Waals surface area contributed by atoms with Crippen molar-refractivity contribution in [3.63, 3.8) is 0 Å². The molecule has 0 fully saturated rings. The molecule has 0 spiro atoms. The summed E-state index contributed by atoms with van der Waals surface area (Å²) in [5.74, 6) is -0.631. The van der Waals surface area contributed by atoms with Gasteiger partial charge in [-0.05, 0) is 17.7 Å². The molecule has 0 aliphatic rings. The Hall–Kier alpha value is -1.04. The fourth-order valence-corrected chi connectivity index (χ4v) is 1.56. The number of anilines is 1. The Kier molecular flexibility index (Phi) is 4.99. The summed E-state index contributed by atoms with van der Waals surface area (Å²) in [4.78, 5) is 11.2. The van der Waals surface area contributed by atoms with E-state index in [0.717, 1.165) is 5.56 Å². The highest BCUT2D eigenvalue weighted by atomic mass is 79.9. The van der Waals surface area contributed by atoms with Gasteiger partial charge >= 0.3 is 6.18 Å². The van der Waals surface area contributed by atoms with Crippen LogP contribution in [0.15, 0.2) is 24.3 Å². The second kappa shape index (κ2) is 6.05. The normalized spacial score (nSPS) is 11.3. The molecule has 0 aliphatic heterocycles. The maximum Gasteiger partial charge on any atom is 0.389 e. The number of nitrogens with one attached hydrogen (secondary N) is 1. The van der Waals surface area contributed by atoms with Gasteiger partial charge in [-0.3, -0.25) is 4.79 Å². The smallest absolute Gasteiger partial charge is 0.326 e. The summed E-state index contributed by atoms with van der Waals surface area (Å²) in [6.07, 6.45) is -5.95. The minimum absolute atomic E-state index is 0.508. The average Bonchev–Trinajstić information content (AvgIpc) is 2.26. The third-order valence-electron chi connectivity index (χ3n) is 2.00. The first-order chi connectivity index (χ1) is 7.90. The molecule has 0 aliphatic carbocycles. The zero-order valence-electron chi connectivity index (χ0n) is 8.85. The zero-order valence-corrected chi connectivity index (χ0v) is 10.4. The van der Waals surface area contributed by atoms with Crippen LogP contribution in [-0.4, -0.2) is 12.1 Å². The van der Waals surface area contributed by atoms with E-state index in [0.29, 0.717) is 11.0 Å². The molecule has 0 heterocycles. The SMILES string of the molecule is O=C(CCC(F)(F)F)Nc1cccc(CBr)c1. The Labute approximate surface area is 105 Å². The van der Waals surface area contributed by atoms with Crippen molar-refractivity contribution in [2.24, 2.45) is 0 Å². The summed E-state index contributed by atoms with van der Waals surface area (Å²) in [5.41, 5.74) is 1.45. The van der Waals surface area contributed by atoms with E-state index >= 15 is 0 Å². The molecule has 0 aromatic heterocycles. The maximum absolute atomic E-state index is 11.9. The van der Waals surface area contributed by atoms with Gasteiger partial charge in [-0.15, -0.1) is 0 Å². The fourth-order valence-electron chi connectivity index (χ4n) is 1.21. The highest BCUT2D eigenvalue weighted by molar-refractivity contribution is 9.08. The molecule has 17 heavy (non-hydrogen) atoms. The van der Waals surface area contributed by atoms with Crippen LogP contribution in [0.5, 0.6) is 0 Å². The molecule has 1 rings (SSSR count). The Bertz CT molecular complexity index is 393. The highest BCUT2D eigenvalue weighted by Crippen LogP contribution is 2.21. The van der Waals surface area contributed by atoms with Gasteiger partial charge in [0.15, 0.2) is 0 Å². The Morgan fingerprint density at radius 1 is 1.35 bits per heavy atom. The van der Waals surface area contributed by atoms with E-state index in [1.165, 1.54) is 0 Å². The quantitative estimate of drug-likeness (QED) is 0.841. The van der Waals surface area contributed by atoms with Gasteiger partial charge in [-0.1, -0.05) is 28.1 Å². The number of benzene rings is 1. The second-order valence-corrected chi connectivity index (χ2v) is 4.06. The molecule has 1 amide bonds. The molecule has 94 valence electrons. The van der Waals surface area contributed by atoms with Crippen molar-refractivity contribution < 1.29 is 18.0 Å². The van der Waals surface area contributed by atoms with Crippen molar-refractivity contribution in [3.05, 3.63) is 29.8 Å². The molecule has 1 aromatic rings. The third-order valence-corrected chi connectivity index (χ3v) is 2.65. The van der Waals surface area contributed by atoms with Crippen molar-refractivity contribution in [2.45, 2.75) is 24.3 Å². The molecule has 0 bridgehead atoms. The van der Waals surface area contributed by atoms with Gasteiger partial charge in [-0.2, -0.15) is 13.2 Å². The average molecular weight is 310 g/mol. The van der Waals surface area contributed by atoms with Crippen LogP contribution in [0.4, 0.5) is 18.9 Å². The van der Waals surface area contributed by atoms with Gasteiger partial charge in [0, 0.05) is 17.4 Å². The number of hydrogen-bond donors (Lipinski definition) is 1. The molecular weight excluding hydrogens is 299 g/mol. The molecule has 0 saturated heterocycles. The first kappa shape index (κ1) is 14.0. The largest absolute Gasteiger partial charge is 0.389 e. The molecule has 0 atom stereocenters. The van der Waals surface area contributed by atoms with Crippen LogP contribution in [-0.2, 0) is 10.1 Å². The number of amides is 1. The number of carbonyl (C=O) groups is 1. The van der Waals surface area contributed by atoms with E-state index in [2.05, 4.69) is 21.2 Å². The minimum atomic E-state index is -4.30. The lowest BCUT2D eigenvalue weighted by Gasteiger charge is -2.08. The van der Waals surface area contributed by atoms with Crippen molar-refractivity contribution >= 4 is 27.5 Å². The van der Waals surface area contributed by atoms with E-state index in [-0.39, 0.29) is 0 Å². The molecular formula is C11H11BrF3NO. The van der Waals surface area contributed by atoms with E-state index in [1.807, 2.05) is 6.07 Å². The molecule has 1 N–H and O–H groups in total. The van der Waals surface area contributed by atoms with E-state index in [1.54, 1.807) is 18.2 Å². The van der Waals surface area contributed by atoms with Gasteiger partial charge in [-0.25, -0.2) is 0 Å². The van der Waals surface area contributed by atoms with Crippen LogP contribution in [0, 0.1) is 0 Å². The molecule has 0 unspecified atom stereocenters. The van der Waals surface area contributed by atoms with Gasteiger partial charge in [0.1, 0.15) is 0 Å². The minimum Gasteiger partial charge on any atom is -0.326 e. The summed E-state index contributed by atoms with van der Waals surface area (Å²) >= 11 is 3.25. The van der Waals surface area contributed by atoms with Crippen molar-refractivity contribution in [1.29, 1.82) is 0 Å². The monoisotopic (exact) mass is 309 g/mol. The van der Waals surface area contributed by atoms with Crippen molar-refractivity contribution in [2.75, 3.05) is 5.32 Å². The van der Waals surface area contributed by atoms with E-state index < -0.39 is 24.9 Å². The van der Waals surface area contributed by atoms with Crippen molar-refractivity contribution in [1.82, 2.24) is 0 Å². The molecule has 0 saturated carbocycles. The topological polar surface area (TPSA) is 29.1 Å². The fraction of sp³-hybridized carbons (Fsp3) is 0.364. The number of halogens is 4. The summed E-state index contributed by atoms with van der Waals surface area (Å²) in [5, 5.41) is 3.05. The number of hydrogen-bond acceptors (Lipinski definition) is 1. The lowest BCUT2D eigenvalue weighted by molar-refractivity contribution is -0.142. The maximum atomic E-state index is 11.9. The molecule has 1 aromatic carbocycles. The zero-order chi connectivity index (χ0) is 12.9. The van der Waals surface area contributed by atoms with Crippen LogP contribution in [0.3, 0.4) is 0 Å². The van der Waals surface area contributed by atoms with Crippen molar-refractivity contribution in [3.8, 4) is 0 Å². The second-order valence-electron chi connectivity index (χ2n) is 3.50. The van der Waals surface area contributed by atoms with Crippen LogP contribution in [0.2, 0.25) is 0 Å². The third kappa shape index (κ3) is 5.72. The summed E-state index contributed by atoms with van der Waals surface area (Å²) in [6.45, 7) is 0. The van der Waals surface area contributed by atoms with Gasteiger partial charge in [0.25, 0.3) is 0 Å². The molecule has 6 heteroatoms. The molecule has 0 radical (unpaired) electrons. The van der Waals surface area contributed by atoms with E-state index in [4.69, 9.17) is 0 Å². The molecule has 2 nitrogen and oxygen atoms in total. The predicted octanol–water partition coefficient (Wildman–Crippen LogP) is 3.86. The van der Waals surface area contributed by atoms with E-state index in [9.17, 15) is 18.0 Å². The first-order valence-electron chi connectivity index (χ1n) is 4.92. The summed E-state index contributed by atoms with van der Waals surface area (Å²) in [7, 11) is 0. The van der Waals surface area contributed by atoms with Gasteiger partial charge in [0.05, 0.1) is 6.42 Å². The van der Waals surface area contributed by atoms with Gasteiger partial charge < -0.3 is 5.32 Å². The lowest BCUT2D eigenvalue weighted by atomic mass is 10.2. The van der Waals surface area contributed by atoms with Crippen LogP contribution in [0.1, 0.15) is 18.4 Å². The lowest BCUT2D eigenvalue weighted by Crippen LogP contribution is -2.16. The number of rotatable bonds is 4. The Morgan fingerprint density at radius 3 is 2.65 bits per heavy atom. The predicted molar refractivity (Wildman–Crippen MR) is 63.0 cm³/mol. The number of carbonyl (C=O) groups excluding carboxylic acids is 1. The first-order valence-corrected chi connectivity index (χ1v) is 6.04. The van der Waals surface area contributed by atoms with Crippen LogP contribution < -0.4 is 5.32 Å².